The lowest BCUT2D eigenvalue weighted by molar-refractivity contribution is -0.140. The van der Waals surface area contributed by atoms with Crippen molar-refractivity contribution >= 4 is 29.5 Å². The van der Waals surface area contributed by atoms with Gasteiger partial charge in [-0.1, -0.05) is 48.9 Å². The number of ether oxygens (including phenoxy) is 2. The molecule has 3 aromatic rings. The molecule has 40 heavy (non-hydrogen) atoms. The van der Waals surface area contributed by atoms with Crippen molar-refractivity contribution in [3.05, 3.63) is 89.0 Å². The van der Waals surface area contributed by atoms with Gasteiger partial charge in [-0.25, -0.2) is 4.79 Å². The third-order valence-electron chi connectivity index (χ3n) is 7.59. The van der Waals surface area contributed by atoms with Crippen LogP contribution in [0.4, 0.5) is 0 Å². The maximum atomic E-state index is 13.9. The number of hydrogen-bond acceptors (Lipinski definition) is 6. The summed E-state index contributed by atoms with van der Waals surface area (Å²) in [6.07, 6.45) is 5.34. The first-order valence-electron chi connectivity index (χ1n) is 13.6. The van der Waals surface area contributed by atoms with Gasteiger partial charge in [-0.2, -0.15) is 0 Å². The Hall–Kier alpha value is -3.58. The van der Waals surface area contributed by atoms with Gasteiger partial charge in [-0.05, 0) is 92.7 Å². The van der Waals surface area contributed by atoms with Gasteiger partial charge >= 0.3 is 11.9 Å². The van der Waals surface area contributed by atoms with Gasteiger partial charge in [-0.15, -0.1) is 11.8 Å². The van der Waals surface area contributed by atoms with E-state index in [2.05, 4.69) is 0 Å². The predicted octanol–water partition coefficient (Wildman–Crippen LogP) is 6.94. The van der Waals surface area contributed by atoms with Crippen LogP contribution in [0.1, 0.15) is 52.7 Å². The van der Waals surface area contributed by atoms with Crippen LogP contribution in [0.15, 0.2) is 71.6 Å². The molecule has 6 nitrogen and oxygen atoms in total. The normalized spacial score (nSPS) is 18.9. The Balaban J connectivity index is 1.61. The van der Waals surface area contributed by atoms with Crippen molar-refractivity contribution < 1.29 is 29.0 Å². The number of carboxylic acids is 1. The second-order valence-corrected chi connectivity index (χ2v) is 11.4. The summed E-state index contributed by atoms with van der Waals surface area (Å²) in [5.41, 5.74) is 3.43. The number of ketones is 1. The number of esters is 1. The lowest BCUT2D eigenvalue weighted by atomic mass is 9.77. The van der Waals surface area contributed by atoms with Crippen LogP contribution in [0, 0.1) is 31.6 Å². The van der Waals surface area contributed by atoms with E-state index in [0.29, 0.717) is 42.7 Å². The fourth-order valence-electron chi connectivity index (χ4n) is 5.73. The van der Waals surface area contributed by atoms with Crippen molar-refractivity contribution in [1.82, 2.24) is 0 Å². The Morgan fingerprint density at radius 1 is 0.950 bits per heavy atom. The number of aryl methyl sites for hydroxylation is 2. The minimum atomic E-state index is -1.03. The molecule has 3 aromatic carbocycles. The van der Waals surface area contributed by atoms with Crippen LogP contribution < -0.4 is 9.47 Å². The second kappa shape index (κ2) is 13.7. The maximum absolute atomic E-state index is 13.9. The van der Waals surface area contributed by atoms with Crippen LogP contribution >= 0.6 is 11.8 Å². The second-order valence-electron chi connectivity index (χ2n) is 10.5. The number of benzene rings is 3. The number of carboxylic acid groups (broad SMARTS) is 1. The molecule has 1 fully saturated rings. The highest BCUT2D eigenvalue weighted by Gasteiger charge is 2.36. The van der Waals surface area contributed by atoms with Gasteiger partial charge in [0.15, 0.2) is 12.4 Å². The average molecular weight is 561 g/mol. The number of Topliss-reactive ketones (excluding diaryl/α,β-unsaturated/α-hetero) is 1. The summed E-state index contributed by atoms with van der Waals surface area (Å²) in [5, 5.41) is 9.03. The van der Waals surface area contributed by atoms with Crippen molar-refractivity contribution in [1.29, 1.82) is 0 Å². The fraction of sp³-hybridized carbons (Fsp3) is 0.364. The number of carbonyl (C=O) groups excluding carboxylic acids is 2. The van der Waals surface area contributed by atoms with E-state index >= 15 is 0 Å². The summed E-state index contributed by atoms with van der Waals surface area (Å²) in [6.45, 7) is 3.40. The monoisotopic (exact) mass is 560 g/mol. The van der Waals surface area contributed by atoms with Crippen molar-refractivity contribution in [2.45, 2.75) is 50.8 Å². The predicted molar refractivity (Wildman–Crippen MR) is 156 cm³/mol. The lowest BCUT2D eigenvalue weighted by Gasteiger charge is -2.26. The molecule has 0 heterocycles. The van der Waals surface area contributed by atoms with Gasteiger partial charge in [-0.3, -0.25) is 9.59 Å². The minimum Gasteiger partial charge on any atom is -0.481 e. The Labute approximate surface area is 240 Å². The molecule has 4 rings (SSSR count). The highest BCUT2D eigenvalue weighted by Crippen LogP contribution is 2.38. The van der Waals surface area contributed by atoms with Gasteiger partial charge in [0.2, 0.25) is 0 Å². The van der Waals surface area contributed by atoms with Crippen LogP contribution in [0.25, 0.3) is 0 Å². The van der Waals surface area contributed by atoms with E-state index in [1.54, 1.807) is 23.9 Å². The van der Waals surface area contributed by atoms with Crippen molar-refractivity contribution in [3.8, 4) is 11.5 Å². The third kappa shape index (κ3) is 7.54. The molecule has 0 aliphatic heterocycles. The Bertz CT molecular complexity index is 1310. The first-order chi connectivity index (χ1) is 19.2. The highest BCUT2D eigenvalue weighted by molar-refractivity contribution is 7.98. The molecule has 0 saturated heterocycles. The van der Waals surface area contributed by atoms with Gasteiger partial charge in [0, 0.05) is 16.4 Å². The van der Waals surface area contributed by atoms with E-state index in [-0.39, 0.29) is 29.5 Å². The molecule has 3 atom stereocenters. The highest BCUT2D eigenvalue weighted by atomic mass is 32.2. The van der Waals surface area contributed by atoms with Crippen molar-refractivity contribution in [2.24, 2.45) is 17.8 Å². The molecule has 1 saturated carbocycles. The largest absolute Gasteiger partial charge is 0.481 e. The van der Waals surface area contributed by atoms with E-state index in [1.807, 2.05) is 74.7 Å². The number of aliphatic carboxylic acids is 1. The van der Waals surface area contributed by atoms with Crippen LogP contribution in [-0.4, -0.2) is 35.7 Å². The van der Waals surface area contributed by atoms with Crippen molar-refractivity contribution in [3.63, 3.8) is 0 Å². The molecule has 1 aliphatic rings. The quantitative estimate of drug-likeness (QED) is 0.0944. The number of rotatable bonds is 10. The maximum Gasteiger partial charge on any atom is 0.341 e. The Kier molecular flexibility index (Phi) is 10.0. The fourth-order valence-corrected chi connectivity index (χ4v) is 6.14. The SMILES string of the molecule is CSc1ccc(C(=O)[C@@H]2CCCC(C(=O)Oc3ccccc3)C[C@H]2Cc2cc(C)c(OCC(=O)O)c(C)c2)cc1. The van der Waals surface area contributed by atoms with Gasteiger partial charge in [0.1, 0.15) is 11.5 Å². The molecule has 1 N–H and O–H groups in total. The molecule has 0 aromatic heterocycles. The zero-order chi connectivity index (χ0) is 28.6. The first-order valence-corrected chi connectivity index (χ1v) is 14.9. The average Bonchev–Trinajstić information content (AvgIpc) is 3.15. The number of para-hydroxylation sites is 1. The lowest BCUT2D eigenvalue weighted by Crippen LogP contribution is -2.28. The summed E-state index contributed by atoms with van der Waals surface area (Å²) in [7, 11) is 0. The standard InChI is InChI=1S/C33H36O6S/c1-21-16-23(17-22(2)32(21)38-20-30(34)35)18-26-19-25(33(37)39-27-9-5-4-6-10-27)8-7-11-29(26)31(36)24-12-14-28(40-3)15-13-24/h4-6,9-10,12-17,25-26,29H,7-8,11,18-20H2,1-3H3,(H,34,35)/t25?,26-,29-/m1/s1. The van der Waals surface area contributed by atoms with E-state index in [9.17, 15) is 14.4 Å². The zero-order valence-electron chi connectivity index (χ0n) is 23.2. The molecule has 7 heteroatoms. The molecule has 0 radical (unpaired) electrons. The molecule has 210 valence electrons. The Morgan fingerprint density at radius 2 is 1.62 bits per heavy atom. The molecular weight excluding hydrogens is 524 g/mol. The minimum absolute atomic E-state index is 0.0619. The summed E-state index contributed by atoms with van der Waals surface area (Å²) >= 11 is 1.64. The number of thioether (sulfide) groups is 1. The van der Waals surface area contributed by atoms with E-state index in [1.165, 1.54) is 0 Å². The number of carbonyl (C=O) groups is 3. The molecule has 0 bridgehead atoms. The van der Waals surface area contributed by atoms with E-state index < -0.39 is 12.6 Å². The molecule has 0 amide bonds. The Morgan fingerprint density at radius 3 is 2.25 bits per heavy atom. The van der Waals surface area contributed by atoms with Gasteiger partial charge < -0.3 is 14.6 Å². The summed E-state index contributed by atoms with van der Waals surface area (Å²) in [4.78, 5) is 39.2. The molecule has 1 aliphatic carbocycles. The van der Waals surface area contributed by atoms with Crippen molar-refractivity contribution in [2.75, 3.05) is 12.9 Å². The van der Waals surface area contributed by atoms with E-state index in [4.69, 9.17) is 14.6 Å². The topological polar surface area (TPSA) is 89.9 Å². The summed E-state index contributed by atoms with van der Waals surface area (Å²) < 4.78 is 11.2. The van der Waals surface area contributed by atoms with Crippen LogP contribution in [0.5, 0.6) is 11.5 Å². The molecule has 0 spiro atoms. The number of hydrogen-bond donors (Lipinski definition) is 1. The van der Waals surface area contributed by atoms with Crippen LogP contribution in [-0.2, 0) is 16.0 Å². The first kappa shape index (κ1) is 29.4. The van der Waals surface area contributed by atoms with Crippen LogP contribution in [0.3, 0.4) is 0 Å². The van der Waals surface area contributed by atoms with E-state index in [0.717, 1.165) is 28.0 Å². The summed E-state index contributed by atoms with van der Waals surface area (Å²) in [6, 6.07) is 20.9. The van der Waals surface area contributed by atoms with Gasteiger partial charge in [0.05, 0.1) is 5.92 Å². The van der Waals surface area contributed by atoms with Crippen LogP contribution in [0.2, 0.25) is 0 Å². The molecular formula is C33H36O6S. The smallest absolute Gasteiger partial charge is 0.341 e. The van der Waals surface area contributed by atoms with Gasteiger partial charge in [0.25, 0.3) is 0 Å². The zero-order valence-corrected chi connectivity index (χ0v) is 24.0. The molecule has 1 unspecified atom stereocenters. The third-order valence-corrected chi connectivity index (χ3v) is 8.33. The summed E-state index contributed by atoms with van der Waals surface area (Å²) in [5.74, 6) is -0.658.